The maximum Gasteiger partial charge on any atom is 0.331 e. The molecule has 2 unspecified atom stereocenters. The molecule has 0 spiro atoms. The third-order valence-electron chi connectivity index (χ3n) is 3.22. The predicted octanol–water partition coefficient (Wildman–Crippen LogP) is 2.98. The number of aliphatic hydroxyl groups excluding tert-OH is 3. The van der Waals surface area contributed by atoms with Gasteiger partial charge in [-0.1, -0.05) is 14.9 Å². The standard InChI is InChI=1S/C8H19O5P.C6H13O4P.2CH4/c1-3-12-14(11,13-4-2)7-8(5-9)6-10;1-2-9-11(8)5-6(3-7)4-10-11;;/h8-10H,3-7H2,1-2H3;6-7H,2-5H2,1H3;2*1H4. The van der Waals surface area contributed by atoms with Crippen LogP contribution in [0.3, 0.4) is 0 Å². The van der Waals surface area contributed by atoms with Gasteiger partial charge in [-0.25, -0.2) is 0 Å². The van der Waals surface area contributed by atoms with Gasteiger partial charge in [-0.15, -0.1) is 0 Å². The Bertz CT molecular complexity index is 420. The summed E-state index contributed by atoms with van der Waals surface area (Å²) < 4.78 is 43.2. The first kappa shape index (κ1) is 31.9. The Kier molecular flexibility index (Phi) is 20.1. The van der Waals surface area contributed by atoms with Crippen LogP contribution in [0, 0.1) is 11.8 Å². The topological polar surface area (TPSA) is 132 Å². The molecule has 1 heterocycles. The molecule has 27 heavy (non-hydrogen) atoms. The Labute approximate surface area is 164 Å². The highest BCUT2D eigenvalue weighted by molar-refractivity contribution is 7.54. The molecule has 0 aromatic carbocycles. The van der Waals surface area contributed by atoms with Crippen molar-refractivity contribution in [1.82, 2.24) is 0 Å². The van der Waals surface area contributed by atoms with Gasteiger partial charge in [0.2, 0.25) is 0 Å². The van der Waals surface area contributed by atoms with Gasteiger partial charge in [0, 0.05) is 31.7 Å². The second kappa shape index (κ2) is 17.1. The fourth-order valence-electron chi connectivity index (χ4n) is 2.06. The molecule has 1 aliphatic rings. The van der Waals surface area contributed by atoms with E-state index in [4.69, 9.17) is 33.4 Å². The normalized spacial score (nSPS) is 21.8. The summed E-state index contributed by atoms with van der Waals surface area (Å²) in [5, 5.41) is 26.4. The minimum absolute atomic E-state index is 0. The molecule has 168 valence electrons. The highest BCUT2D eigenvalue weighted by Gasteiger charge is 2.35. The van der Waals surface area contributed by atoms with Gasteiger partial charge in [0.15, 0.2) is 0 Å². The van der Waals surface area contributed by atoms with Crippen molar-refractivity contribution in [2.24, 2.45) is 11.8 Å². The van der Waals surface area contributed by atoms with Gasteiger partial charge in [-0.2, -0.15) is 0 Å². The highest BCUT2D eigenvalue weighted by Crippen LogP contribution is 2.54. The second-order valence-electron chi connectivity index (χ2n) is 5.42. The first-order valence-corrected chi connectivity index (χ1v) is 11.9. The third-order valence-corrected chi connectivity index (χ3v) is 7.65. The fraction of sp³-hybridized carbons (Fsp3) is 1.00. The Balaban J connectivity index is -0.000000405. The minimum Gasteiger partial charge on any atom is -0.396 e. The van der Waals surface area contributed by atoms with E-state index in [9.17, 15) is 9.13 Å². The molecule has 1 aliphatic heterocycles. The zero-order valence-corrected chi connectivity index (χ0v) is 17.0. The zero-order chi connectivity index (χ0) is 19.3. The Morgan fingerprint density at radius 3 is 1.93 bits per heavy atom. The van der Waals surface area contributed by atoms with Gasteiger partial charge < -0.3 is 33.4 Å². The molecule has 0 aromatic rings. The molecule has 11 heteroatoms. The van der Waals surface area contributed by atoms with E-state index in [1.165, 1.54) is 0 Å². The van der Waals surface area contributed by atoms with Crippen LogP contribution >= 0.6 is 15.2 Å². The molecule has 3 N–H and O–H groups in total. The summed E-state index contributed by atoms with van der Waals surface area (Å²) in [4.78, 5) is 0. The van der Waals surface area contributed by atoms with Crippen molar-refractivity contribution in [2.75, 3.05) is 58.6 Å². The van der Waals surface area contributed by atoms with Gasteiger partial charge in [0.1, 0.15) is 0 Å². The van der Waals surface area contributed by atoms with Crippen molar-refractivity contribution in [3.05, 3.63) is 0 Å². The number of rotatable bonds is 11. The van der Waals surface area contributed by atoms with E-state index < -0.39 is 21.1 Å². The number of aliphatic hydroxyl groups is 3. The summed E-state index contributed by atoms with van der Waals surface area (Å²) in [7, 11) is -5.93. The van der Waals surface area contributed by atoms with Gasteiger partial charge in [0.05, 0.1) is 38.8 Å². The number of hydrogen-bond acceptors (Lipinski definition) is 9. The van der Waals surface area contributed by atoms with Crippen molar-refractivity contribution >= 4 is 15.2 Å². The summed E-state index contributed by atoms with van der Waals surface area (Å²) in [6, 6.07) is 0. The van der Waals surface area contributed by atoms with Crippen LogP contribution in [0.1, 0.15) is 35.6 Å². The second-order valence-corrected chi connectivity index (χ2v) is 9.62. The SMILES string of the molecule is C.C.CCOP(=O)(CC(CO)CO)OCC.CCOP1(=O)CC(CO)CO1. The van der Waals surface area contributed by atoms with Crippen molar-refractivity contribution in [1.29, 1.82) is 0 Å². The van der Waals surface area contributed by atoms with Crippen LogP contribution in [0.4, 0.5) is 0 Å². The van der Waals surface area contributed by atoms with E-state index in [1.807, 2.05) is 0 Å². The molecule has 2 atom stereocenters. The van der Waals surface area contributed by atoms with Crippen LogP contribution < -0.4 is 0 Å². The lowest BCUT2D eigenvalue weighted by atomic mass is 10.2. The lowest BCUT2D eigenvalue weighted by Crippen LogP contribution is -2.17. The molecule has 1 rings (SSSR count). The van der Waals surface area contributed by atoms with E-state index in [-0.39, 0.29) is 46.8 Å². The molecule has 1 saturated heterocycles. The van der Waals surface area contributed by atoms with Crippen LogP contribution in [0.25, 0.3) is 0 Å². The summed E-state index contributed by atoms with van der Waals surface area (Å²) in [5.74, 6) is -0.452. The van der Waals surface area contributed by atoms with Crippen LogP contribution in [0.2, 0.25) is 0 Å². The quantitative estimate of drug-likeness (QED) is 0.417. The monoisotopic (exact) mass is 438 g/mol. The van der Waals surface area contributed by atoms with Crippen LogP contribution in [0.5, 0.6) is 0 Å². The predicted molar refractivity (Wildman–Crippen MR) is 107 cm³/mol. The van der Waals surface area contributed by atoms with Gasteiger partial charge in [-0.05, 0) is 20.8 Å². The lowest BCUT2D eigenvalue weighted by Gasteiger charge is -2.20. The van der Waals surface area contributed by atoms with Crippen LogP contribution in [-0.2, 0) is 27.2 Å². The molecule has 0 aromatic heterocycles. The van der Waals surface area contributed by atoms with Crippen molar-refractivity contribution in [2.45, 2.75) is 35.6 Å². The molecule has 0 amide bonds. The summed E-state index contributed by atoms with van der Waals surface area (Å²) in [5.41, 5.74) is 0. The molecule has 0 radical (unpaired) electrons. The number of hydrogen-bond donors (Lipinski definition) is 3. The van der Waals surface area contributed by atoms with E-state index >= 15 is 0 Å². The Morgan fingerprint density at radius 2 is 1.59 bits per heavy atom. The summed E-state index contributed by atoms with van der Waals surface area (Å²) >= 11 is 0. The minimum atomic E-state index is -3.13. The molecule has 9 nitrogen and oxygen atoms in total. The molecule has 1 fully saturated rings. The molecule has 0 saturated carbocycles. The first-order valence-electron chi connectivity index (χ1n) is 8.40. The fourth-order valence-corrected chi connectivity index (χ4v) is 5.97. The van der Waals surface area contributed by atoms with E-state index in [0.717, 1.165) is 0 Å². The van der Waals surface area contributed by atoms with Crippen molar-refractivity contribution in [3.8, 4) is 0 Å². The summed E-state index contributed by atoms with van der Waals surface area (Å²) in [6.07, 6.45) is 0.416. The van der Waals surface area contributed by atoms with Gasteiger partial charge in [0.25, 0.3) is 0 Å². The summed E-state index contributed by atoms with van der Waals surface area (Å²) in [6.45, 7) is 6.13. The highest BCUT2D eigenvalue weighted by atomic mass is 31.2. The maximum atomic E-state index is 11.9. The average Bonchev–Trinajstić information content (AvgIpc) is 2.95. The maximum absolute atomic E-state index is 11.9. The molecule has 0 aliphatic carbocycles. The van der Waals surface area contributed by atoms with E-state index in [0.29, 0.717) is 32.6 Å². The van der Waals surface area contributed by atoms with Crippen molar-refractivity contribution in [3.63, 3.8) is 0 Å². The van der Waals surface area contributed by atoms with Crippen LogP contribution in [-0.4, -0.2) is 73.9 Å². The first-order chi connectivity index (χ1) is 11.8. The molecular formula is C16H40O9P2. The van der Waals surface area contributed by atoms with E-state index in [2.05, 4.69) is 0 Å². The van der Waals surface area contributed by atoms with Crippen molar-refractivity contribution < 1.29 is 42.5 Å². The van der Waals surface area contributed by atoms with Gasteiger partial charge >= 0.3 is 15.2 Å². The largest absolute Gasteiger partial charge is 0.396 e. The third kappa shape index (κ3) is 13.1. The van der Waals surface area contributed by atoms with Gasteiger partial charge in [-0.3, -0.25) is 9.13 Å². The van der Waals surface area contributed by atoms with E-state index in [1.54, 1.807) is 20.8 Å². The average molecular weight is 438 g/mol. The van der Waals surface area contributed by atoms with Crippen LogP contribution in [0.15, 0.2) is 0 Å². The Morgan fingerprint density at radius 1 is 1.07 bits per heavy atom. The molecule has 0 bridgehead atoms. The lowest BCUT2D eigenvalue weighted by molar-refractivity contribution is 0.150. The molecular weight excluding hydrogens is 398 g/mol. The smallest absolute Gasteiger partial charge is 0.331 e. The zero-order valence-electron chi connectivity index (χ0n) is 15.2. The Hall–Kier alpha value is 0.180.